The lowest BCUT2D eigenvalue weighted by molar-refractivity contribution is 0.416. The summed E-state index contributed by atoms with van der Waals surface area (Å²) in [6, 6.07) is 15.6. The molecule has 0 atom stereocenters. The van der Waals surface area contributed by atoms with E-state index in [0.29, 0.717) is 17.9 Å². The van der Waals surface area contributed by atoms with Crippen molar-refractivity contribution in [2.45, 2.75) is 6.54 Å². The van der Waals surface area contributed by atoms with Crippen LogP contribution in [-0.2, 0) is 6.54 Å². The van der Waals surface area contributed by atoms with Gasteiger partial charge in [-0.25, -0.2) is 0 Å². The van der Waals surface area contributed by atoms with Gasteiger partial charge in [-0.05, 0) is 29.8 Å². The van der Waals surface area contributed by atoms with E-state index in [1.807, 2.05) is 36.4 Å². The van der Waals surface area contributed by atoms with Crippen molar-refractivity contribution < 1.29 is 4.74 Å². The Hall–Kier alpha value is -1.99. The zero-order valence-electron chi connectivity index (χ0n) is 10.5. The predicted octanol–water partition coefficient (Wildman–Crippen LogP) is 3.94. The molecule has 0 fully saturated rings. The molecule has 19 heavy (non-hydrogen) atoms. The summed E-state index contributed by atoms with van der Waals surface area (Å²) in [6.07, 6.45) is 0. The molecule has 0 aliphatic heterocycles. The number of rotatable bonds is 4. The number of benzene rings is 2. The molecule has 0 bridgehead atoms. The third kappa shape index (κ3) is 3.27. The van der Waals surface area contributed by atoms with Gasteiger partial charge in [0.2, 0.25) is 0 Å². The van der Waals surface area contributed by atoms with Gasteiger partial charge < -0.3 is 10.1 Å². The summed E-state index contributed by atoms with van der Waals surface area (Å²) in [6.45, 7) is 0.641. The van der Waals surface area contributed by atoms with E-state index < -0.39 is 0 Å². The molecule has 0 spiro atoms. The van der Waals surface area contributed by atoms with Gasteiger partial charge in [-0.1, -0.05) is 34.1 Å². The van der Waals surface area contributed by atoms with E-state index >= 15 is 0 Å². The summed E-state index contributed by atoms with van der Waals surface area (Å²) < 4.78 is 6.32. The normalized spacial score (nSPS) is 9.74. The summed E-state index contributed by atoms with van der Waals surface area (Å²) in [5, 5.41) is 12.4. The van der Waals surface area contributed by atoms with Crippen LogP contribution in [-0.4, -0.2) is 7.11 Å². The lowest BCUT2D eigenvalue weighted by Gasteiger charge is -2.12. The maximum atomic E-state index is 9.12. The van der Waals surface area contributed by atoms with E-state index in [1.54, 1.807) is 13.2 Å². The average Bonchev–Trinajstić information content (AvgIpc) is 2.46. The van der Waals surface area contributed by atoms with Crippen molar-refractivity contribution >= 4 is 21.6 Å². The molecule has 0 radical (unpaired) electrons. The van der Waals surface area contributed by atoms with E-state index in [1.165, 1.54) is 0 Å². The Morgan fingerprint density at radius 3 is 2.58 bits per heavy atom. The van der Waals surface area contributed by atoms with E-state index in [-0.39, 0.29) is 0 Å². The maximum absolute atomic E-state index is 9.12. The van der Waals surface area contributed by atoms with Crippen LogP contribution in [0.2, 0.25) is 0 Å². The second-order valence-corrected chi connectivity index (χ2v) is 4.89. The van der Waals surface area contributed by atoms with Gasteiger partial charge in [-0.2, -0.15) is 5.26 Å². The van der Waals surface area contributed by atoms with Crippen molar-refractivity contribution in [2.75, 3.05) is 12.4 Å². The maximum Gasteiger partial charge on any atom is 0.143 e. The SMILES string of the molecule is COc1cccc(C#N)c1NCc1ccc(Br)cc1. The Kier molecular flexibility index (Phi) is 4.43. The fourth-order valence-corrected chi connectivity index (χ4v) is 2.03. The van der Waals surface area contributed by atoms with Gasteiger partial charge in [0.25, 0.3) is 0 Å². The first kappa shape index (κ1) is 13.4. The molecule has 3 nitrogen and oxygen atoms in total. The molecule has 0 aromatic heterocycles. The van der Waals surface area contributed by atoms with Crippen molar-refractivity contribution in [3.63, 3.8) is 0 Å². The van der Waals surface area contributed by atoms with E-state index in [4.69, 9.17) is 10.00 Å². The molecule has 2 rings (SSSR count). The molecule has 0 heterocycles. The molecule has 1 N–H and O–H groups in total. The largest absolute Gasteiger partial charge is 0.495 e. The topological polar surface area (TPSA) is 45.0 Å². The molecule has 4 heteroatoms. The number of halogens is 1. The molecule has 0 unspecified atom stereocenters. The monoisotopic (exact) mass is 316 g/mol. The summed E-state index contributed by atoms with van der Waals surface area (Å²) in [5.41, 5.74) is 2.45. The molecule has 96 valence electrons. The standard InChI is InChI=1S/C15H13BrN2O/c1-19-14-4-2-3-12(9-17)15(14)18-10-11-5-7-13(16)8-6-11/h2-8,18H,10H2,1H3. The van der Waals surface area contributed by atoms with Gasteiger partial charge in [0, 0.05) is 11.0 Å². The van der Waals surface area contributed by atoms with Crippen LogP contribution in [0.15, 0.2) is 46.9 Å². The minimum Gasteiger partial charge on any atom is -0.495 e. The second kappa shape index (κ2) is 6.26. The van der Waals surface area contributed by atoms with Crippen molar-refractivity contribution in [1.29, 1.82) is 5.26 Å². The Morgan fingerprint density at radius 1 is 1.21 bits per heavy atom. The van der Waals surface area contributed by atoms with E-state index in [0.717, 1.165) is 15.7 Å². The molecular weight excluding hydrogens is 304 g/mol. The predicted molar refractivity (Wildman–Crippen MR) is 79.2 cm³/mol. The van der Waals surface area contributed by atoms with Crippen LogP contribution in [0, 0.1) is 11.3 Å². The summed E-state index contributed by atoms with van der Waals surface area (Å²) in [4.78, 5) is 0. The molecule has 0 aliphatic rings. The number of anilines is 1. The molecule has 2 aromatic rings. The Balaban J connectivity index is 2.19. The number of ether oxygens (including phenoxy) is 1. The highest BCUT2D eigenvalue weighted by molar-refractivity contribution is 9.10. The molecular formula is C15H13BrN2O. The molecule has 0 saturated heterocycles. The molecule has 0 amide bonds. The van der Waals surface area contributed by atoms with Crippen molar-refractivity contribution in [3.05, 3.63) is 58.1 Å². The van der Waals surface area contributed by atoms with Crippen molar-refractivity contribution in [1.82, 2.24) is 0 Å². The fourth-order valence-electron chi connectivity index (χ4n) is 1.77. The Bertz CT molecular complexity index is 603. The molecule has 2 aromatic carbocycles. The second-order valence-electron chi connectivity index (χ2n) is 3.97. The smallest absolute Gasteiger partial charge is 0.143 e. The van der Waals surface area contributed by atoms with E-state index in [2.05, 4.69) is 27.3 Å². The van der Waals surface area contributed by atoms with Crippen LogP contribution in [0.1, 0.15) is 11.1 Å². The minimum atomic E-state index is 0.580. The van der Waals surface area contributed by atoms with Crippen molar-refractivity contribution in [3.8, 4) is 11.8 Å². The first-order valence-corrected chi connectivity index (χ1v) is 6.59. The Morgan fingerprint density at radius 2 is 1.95 bits per heavy atom. The number of nitriles is 1. The minimum absolute atomic E-state index is 0.580. The highest BCUT2D eigenvalue weighted by Gasteiger charge is 2.08. The summed E-state index contributed by atoms with van der Waals surface area (Å²) in [5.74, 6) is 0.677. The number of hydrogen-bond donors (Lipinski definition) is 1. The fraction of sp³-hybridized carbons (Fsp3) is 0.133. The lowest BCUT2D eigenvalue weighted by Crippen LogP contribution is -2.03. The van der Waals surface area contributed by atoms with Gasteiger partial charge in [-0.3, -0.25) is 0 Å². The van der Waals surface area contributed by atoms with Crippen molar-refractivity contribution in [2.24, 2.45) is 0 Å². The lowest BCUT2D eigenvalue weighted by atomic mass is 10.1. The summed E-state index contributed by atoms with van der Waals surface area (Å²) >= 11 is 3.40. The number of hydrogen-bond acceptors (Lipinski definition) is 3. The zero-order chi connectivity index (χ0) is 13.7. The van der Waals surface area contributed by atoms with Crippen LogP contribution < -0.4 is 10.1 Å². The van der Waals surface area contributed by atoms with Crippen LogP contribution in [0.3, 0.4) is 0 Å². The van der Waals surface area contributed by atoms with Crippen LogP contribution in [0.4, 0.5) is 5.69 Å². The average molecular weight is 317 g/mol. The highest BCUT2D eigenvalue weighted by Crippen LogP contribution is 2.28. The number of nitrogens with one attached hydrogen (secondary N) is 1. The first-order chi connectivity index (χ1) is 9.24. The van der Waals surface area contributed by atoms with Gasteiger partial charge in [0.1, 0.15) is 11.8 Å². The van der Waals surface area contributed by atoms with Gasteiger partial charge in [0.05, 0.1) is 18.4 Å². The van der Waals surface area contributed by atoms with E-state index in [9.17, 15) is 0 Å². The first-order valence-electron chi connectivity index (χ1n) is 5.80. The third-order valence-electron chi connectivity index (χ3n) is 2.75. The summed E-state index contributed by atoms with van der Waals surface area (Å²) in [7, 11) is 1.60. The highest BCUT2D eigenvalue weighted by atomic mass is 79.9. The molecule has 0 saturated carbocycles. The quantitative estimate of drug-likeness (QED) is 0.929. The number of para-hydroxylation sites is 1. The number of nitrogens with zero attached hydrogens (tertiary/aromatic N) is 1. The van der Waals surface area contributed by atoms with Crippen LogP contribution in [0.5, 0.6) is 5.75 Å². The van der Waals surface area contributed by atoms with Crippen LogP contribution in [0.25, 0.3) is 0 Å². The Labute approximate surface area is 121 Å². The van der Waals surface area contributed by atoms with Crippen LogP contribution >= 0.6 is 15.9 Å². The van der Waals surface area contributed by atoms with Gasteiger partial charge in [-0.15, -0.1) is 0 Å². The van der Waals surface area contributed by atoms with Gasteiger partial charge >= 0.3 is 0 Å². The molecule has 0 aliphatic carbocycles. The third-order valence-corrected chi connectivity index (χ3v) is 3.28. The number of methoxy groups -OCH3 is 1. The zero-order valence-corrected chi connectivity index (χ0v) is 12.1. The van der Waals surface area contributed by atoms with Gasteiger partial charge in [0.15, 0.2) is 0 Å².